The zero-order chi connectivity index (χ0) is 20.6. The molecule has 7 heteroatoms. The van der Waals surface area contributed by atoms with E-state index in [0.29, 0.717) is 22.6 Å². The van der Waals surface area contributed by atoms with E-state index in [1.54, 1.807) is 6.08 Å². The number of hydrogen-bond donors (Lipinski definition) is 2. The highest BCUT2D eigenvalue weighted by Crippen LogP contribution is 2.33. The van der Waals surface area contributed by atoms with E-state index >= 15 is 0 Å². The van der Waals surface area contributed by atoms with Crippen LogP contribution in [0.15, 0.2) is 30.9 Å². The van der Waals surface area contributed by atoms with E-state index in [1.165, 1.54) is 19.3 Å². The van der Waals surface area contributed by atoms with Gasteiger partial charge in [0.1, 0.15) is 0 Å². The first kappa shape index (κ1) is 22.3. The normalized spacial score (nSPS) is 22.9. The highest BCUT2D eigenvalue weighted by Gasteiger charge is 2.24. The van der Waals surface area contributed by atoms with Gasteiger partial charge in [0, 0.05) is 38.8 Å². The summed E-state index contributed by atoms with van der Waals surface area (Å²) in [5, 5.41) is 7.14. The first-order valence-electron chi connectivity index (χ1n) is 10.6. The van der Waals surface area contributed by atoms with E-state index in [2.05, 4.69) is 27.0 Å². The Morgan fingerprint density at radius 3 is 2.55 bits per heavy atom. The summed E-state index contributed by atoms with van der Waals surface area (Å²) in [6.45, 7) is 9.36. The lowest BCUT2D eigenvalue weighted by Crippen LogP contribution is -2.47. The van der Waals surface area contributed by atoms with E-state index < -0.39 is 0 Å². The van der Waals surface area contributed by atoms with Gasteiger partial charge in [-0.1, -0.05) is 35.3 Å². The van der Waals surface area contributed by atoms with Crippen molar-refractivity contribution in [3.8, 4) is 0 Å². The molecule has 2 amide bonds. The van der Waals surface area contributed by atoms with Gasteiger partial charge in [-0.25, -0.2) is 4.79 Å². The molecule has 0 aromatic heterocycles. The Bertz CT molecular complexity index is 683. The third-order valence-corrected chi connectivity index (χ3v) is 6.90. The fourth-order valence-electron chi connectivity index (χ4n) is 4.31. The number of nitrogens with one attached hydrogen (secondary N) is 2. The number of halogens is 2. The maximum Gasteiger partial charge on any atom is 0.315 e. The molecule has 1 saturated heterocycles. The molecule has 0 unspecified atom stereocenters. The van der Waals surface area contributed by atoms with Crippen molar-refractivity contribution in [2.75, 3.05) is 44.2 Å². The zero-order valence-corrected chi connectivity index (χ0v) is 18.5. The molecule has 1 aliphatic heterocycles. The van der Waals surface area contributed by atoms with Crippen LogP contribution in [0.3, 0.4) is 0 Å². The summed E-state index contributed by atoms with van der Waals surface area (Å²) in [4.78, 5) is 16.6. The van der Waals surface area contributed by atoms with Gasteiger partial charge in [-0.3, -0.25) is 4.90 Å². The lowest BCUT2D eigenvalue weighted by atomic mass is 9.84. The highest BCUT2D eigenvalue weighted by atomic mass is 35.5. The second kappa shape index (κ2) is 11.1. The third-order valence-electron chi connectivity index (χ3n) is 6.09. The van der Waals surface area contributed by atoms with Crippen LogP contribution in [-0.2, 0) is 0 Å². The average Bonchev–Trinajstić information content (AvgIpc) is 2.74. The molecular weight excluding hydrogens is 407 g/mol. The smallest absolute Gasteiger partial charge is 0.315 e. The molecular formula is C22H32Cl2N4O. The Labute approximate surface area is 184 Å². The van der Waals surface area contributed by atoms with Crippen molar-refractivity contribution in [2.45, 2.75) is 38.1 Å². The molecule has 1 aromatic carbocycles. The number of anilines is 1. The summed E-state index contributed by atoms with van der Waals surface area (Å²) in [5.74, 6) is 0.768. The van der Waals surface area contributed by atoms with Crippen LogP contribution in [0, 0.1) is 5.92 Å². The van der Waals surface area contributed by atoms with E-state index in [0.717, 1.165) is 57.2 Å². The second-order valence-electron chi connectivity index (χ2n) is 8.05. The van der Waals surface area contributed by atoms with Crippen LogP contribution in [0.25, 0.3) is 0 Å². The van der Waals surface area contributed by atoms with E-state index in [9.17, 15) is 4.79 Å². The maximum atomic E-state index is 11.8. The highest BCUT2D eigenvalue weighted by molar-refractivity contribution is 6.43. The summed E-state index contributed by atoms with van der Waals surface area (Å²) in [6.07, 6.45) is 7.49. The zero-order valence-electron chi connectivity index (χ0n) is 17.0. The van der Waals surface area contributed by atoms with Crippen molar-refractivity contribution in [2.24, 2.45) is 5.92 Å². The summed E-state index contributed by atoms with van der Waals surface area (Å²) >= 11 is 12.5. The van der Waals surface area contributed by atoms with Gasteiger partial charge < -0.3 is 15.5 Å². The monoisotopic (exact) mass is 438 g/mol. The van der Waals surface area contributed by atoms with Gasteiger partial charge in [0.15, 0.2) is 0 Å². The van der Waals surface area contributed by atoms with Crippen molar-refractivity contribution < 1.29 is 4.79 Å². The molecule has 1 aromatic rings. The number of urea groups is 1. The molecule has 160 valence electrons. The van der Waals surface area contributed by atoms with E-state index in [-0.39, 0.29) is 6.03 Å². The third kappa shape index (κ3) is 6.53. The average molecular weight is 439 g/mol. The minimum absolute atomic E-state index is 0.0778. The summed E-state index contributed by atoms with van der Waals surface area (Å²) in [7, 11) is 0. The predicted octanol–water partition coefficient (Wildman–Crippen LogP) is 4.55. The van der Waals surface area contributed by atoms with Gasteiger partial charge in [-0.2, -0.15) is 0 Å². The van der Waals surface area contributed by atoms with Crippen molar-refractivity contribution in [3.63, 3.8) is 0 Å². The minimum Gasteiger partial charge on any atom is -0.368 e. The van der Waals surface area contributed by atoms with Crippen LogP contribution in [0.2, 0.25) is 10.0 Å². The number of rotatable bonds is 7. The fourth-order valence-corrected chi connectivity index (χ4v) is 4.73. The Hall–Kier alpha value is -1.43. The molecule has 5 nitrogen and oxygen atoms in total. The standard InChI is InChI=1S/C22H32Cl2N4O/c1-2-11-25-22(29)26-18-8-6-17(7-9-18)10-12-27-13-15-28(16-14-27)20-5-3-4-19(23)21(20)24/h2-5,17-18H,1,6-16H2,(H2,25,26,29)/t17-,18-. The molecule has 2 fully saturated rings. The molecule has 1 saturated carbocycles. The first-order chi connectivity index (χ1) is 14.1. The van der Waals surface area contributed by atoms with Crippen molar-refractivity contribution >= 4 is 34.9 Å². The van der Waals surface area contributed by atoms with Gasteiger partial charge in [-0.05, 0) is 56.7 Å². The molecule has 2 aliphatic rings. The number of piperazine rings is 1. The molecule has 0 spiro atoms. The number of amides is 2. The number of carbonyl (C=O) groups excluding carboxylic acids is 1. The molecule has 1 heterocycles. The molecule has 2 N–H and O–H groups in total. The van der Waals surface area contributed by atoms with Crippen LogP contribution in [0.5, 0.6) is 0 Å². The van der Waals surface area contributed by atoms with Crippen molar-refractivity contribution in [1.82, 2.24) is 15.5 Å². The molecule has 0 radical (unpaired) electrons. The lowest BCUT2D eigenvalue weighted by Gasteiger charge is -2.37. The van der Waals surface area contributed by atoms with Gasteiger partial charge in [0.05, 0.1) is 15.7 Å². The van der Waals surface area contributed by atoms with Gasteiger partial charge in [0.2, 0.25) is 0 Å². The number of nitrogens with zero attached hydrogens (tertiary/aromatic N) is 2. The summed E-state index contributed by atoms with van der Waals surface area (Å²) in [5.41, 5.74) is 1.04. The Morgan fingerprint density at radius 2 is 1.86 bits per heavy atom. The molecule has 3 rings (SSSR count). The first-order valence-corrected chi connectivity index (χ1v) is 11.4. The largest absolute Gasteiger partial charge is 0.368 e. The topological polar surface area (TPSA) is 47.6 Å². The summed E-state index contributed by atoms with van der Waals surface area (Å²) in [6, 6.07) is 6.08. The predicted molar refractivity (Wildman–Crippen MR) is 122 cm³/mol. The quantitative estimate of drug-likeness (QED) is 0.613. The lowest BCUT2D eigenvalue weighted by molar-refractivity contribution is 0.205. The maximum absolute atomic E-state index is 11.8. The fraction of sp³-hybridized carbons (Fsp3) is 0.591. The van der Waals surface area contributed by atoms with Gasteiger partial charge in [-0.15, -0.1) is 6.58 Å². The van der Waals surface area contributed by atoms with E-state index in [4.69, 9.17) is 23.2 Å². The van der Waals surface area contributed by atoms with Crippen LogP contribution in [0.1, 0.15) is 32.1 Å². The van der Waals surface area contributed by atoms with Gasteiger partial charge >= 0.3 is 6.03 Å². The molecule has 29 heavy (non-hydrogen) atoms. The SMILES string of the molecule is C=CCNC(=O)N[C@H]1CC[C@H](CCN2CCN(c3cccc(Cl)c3Cl)CC2)CC1. The van der Waals surface area contributed by atoms with E-state index in [1.807, 2.05) is 18.2 Å². The van der Waals surface area contributed by atoms with Crippen LogP contribution in [-0.4, -0.2) is 56.2 Å². The molecule has 0 bridgehead atoms. The number of hydrogen-bond acceptors (Lipinski definition) is 3. The van der Waals surface area contributed by atoms with Crippen molar-refractivity contribution in [1.29, 1.82) is 0 Å². The van der Waals surface area contributed by atoms with Gasteiger partial charge in [0.25, 0.3) is 0 Å². The number of carbonyl (C=O) groups is 1. The number of benzene rings is 1. The summed E-state index contributed by atoms with van der Waals surface area (Å²) < 4.78 is 0. The van der Waals surface area contributed by atoms with Crippen molar-refractivity contribution in [3.05, 3.63) is 40.9 Å². The molecule has 0 atom stereocenters. The van der Waals surface area contributed by atoms with Crippen LogP contribution in [0.4, 0.5) is 10.5 Å². The Kier molecular flexibility index (Phi) is 8.52. The Morgan fingerprint density at radius 1 is 1.14 bits per heavy atom. The van der Waals surface area contributed by atoms with Crippen LogP contribution < -0.4 is 15.5 Å². The molecule has 1 aliphatic carbocycles. The second-order valence-corrected chi connectivity index (χ2v) is 8.84. The minimum atomic E-state index is -0.0778. The van der Waals surface area contributed by atoms with Crippen LogP contribution >= 0.6 is 23.2 Å². The Balaban J connectivity index is 1.34.